The number of fused-ring (bicyclic) bond motifs is 4. The van der Waals surface area contributed by atoms with Gasteiger partial charge in [-0.15, -0.1) is 23.2 Å². The molecular weight excluding hydrogens is 697 g/mol. The van der Waals surface area contributed by atoms with Crippen molar-refractivity contribution < 1.29 is 60.1 Å². The minimum Gasteiger partial charge on any atom is -0.507 e. The standard InChI is InChI=1S/C31H24Cl2F6N2O7/c1-40-26(45)28(32)11-18-16(23(29(28,33)27(40)46)22-19(42)9-15(47-2)10-20(22)48-3)4-5-17-21(18)25(44)41(24(17)43)14-7-12(30(34,35)36)6-13(8-14)31(37,38)39/h4,6-10,17-18,21,23,42H,5,11H2,1-3H3/t17-,18+,21-,23+,28+,29-/m0/s1. The number of rotatable bonds is 4. The molecule has 2 aliphatic heterocycles. The van der Waals surface area contributed by atoms with Crippen LogP contribution in [0.4, 0.5) is 32.0 Å². The predicted octanol–water partition coefficient (Wildman–Crippen LogP) is 5.64. The van der Waals surface area contributed by atoms with Crippen molar-refractivity contribution in [3.8, 4) is 17.2 Å². The van der Waals surface area contributed by atoms with E-state index in [4.69, 9.17) is 32.7 Å². The molecule has 2 aromatic carbocycles. The molecular formula is C31H24Cl2F6N2O7. The zero-order valence-electron chi connectivity index (χ0n) is 25.0. The number of alkyl halides is 8. The van der Waals surface area contributed by atoms with E-state index in [0.717, 1.165) is 7.05 Å². The Bertz CT molecular complexity index is 1800. The van der Waals surface area contributed by atoms with Crippen molar-refractivity contribution in [1.29, 1.82) is 0 Å². The van der Waals surface area contributed by atoms with Crippen molar-refractivity contribution >= 4 is 52.5 Å². The third-order valence-corrected chi connectivity index (χ3v) is 11.1. The Morgan fingerprint density at radius 1 is 0.854 bits per heavy atom. The second kappa shape index (κ2) is 10.8. The molecule has 0 aromatic heterocycles. The van der Waals surface area contributed by atoms with Gasteiger partial charge in [-0.25, -0.2) is 4.90 Å². The molecule has 2 aliphatic carbocycles. The molecule has 0 radical (unpaired) electrons. The number of phenols is 1. The van der Waals surface area contributed by atoms with E-state index in [9.17, 15) is 50.6 Å². The number of halogens is 8. The first-order valence-corrected chi connectivity index (χ1v) is 15.0. The second-order valence-corrected chi connectivity index (χ2v) is 13.3. The molecule has 1 saturated carbocycles. The van der Waals surface area contributed by atoms with Crippen LogP contribution in [0.2, 0.25) is 0 Å². The van der Waals surface area contributed by atoms with E-state index in [1.807, 2.05) is 0 Å². The largest absolute Gasteiger partial charge is 0.507 e. The van der Waals surface area contributed by atoms with Gasteiger partial charge in [-0.1, -0.05) is 11.6 Å². The Kier molecular flexibility index (Phi) is 7.60. The van der Waals surface area contributed by atoms with Crippen LogP contribution in [0.3, 0.4) is 0 Å². The number of hydrogen-bond acceptors (Lipinski definition) is 7. The molecule has 6 atom stereocenters. The first-order chi connectivity index (χ1) is 22.2. The number of phenolic OH excluding ortho intramolecular Hbond substituents is 1. The quantitative estimate of drug-likeness (QED) is 0.188. The van der Waals surface area contributed by atoms with Crippen LogP contribution in [0.5, 0.6) is 17.2 Å². The van der Waals surface area contributed by atoms with Crippen LogP contribution in [0.15, 0.2) is 42.0 Å². The summed E-state index contributed by atoms with van der Waals surface area (Å²) < 4.78 is 92.8. The van der Waals surface area contributed by atoms with E-state index in [2.05, 4.69) is 0 Å². The number of imide groups is 2. The highest BCUT2D eigenvalue weighted by atomic mass is 35.5. The number of amides is 4. The van der Waals surface area contributed by atoms with Crippen molar-refractivity contribution in [3.63, 3.8) is 0 Å². The monoisotopic (exact) mass is 720 g/mol. The first kappa shape index (κ1) is 33.9. The zero-order chi connectivity index (χ0) is 35.5. The number of anilines is 1. The van der Waals surface area contributed by atoms with Crippen molar-refractivity contribution in [2.45, 2.75) is 40.9 Å². The Hall–Kier alpha value is -3.98. The number of likely N-dealkylation sites (tertiary alicyclic amines) is 1. The normalized spacial score (nSPS) is 30.3. The topological polar surface area (TPSA) is 113 Å². The summed E-state index contributed by atoms with van der Waals surface area (Å²) in [4.78, 5) is 51.6. The lowest BCUT2D eigenvalue weighted by atomic mass is 9.56. The van der Waals surface area contributed by atoms with Crippen LogP contribution in [0, 0.1) is 17.8 Å². The molecule has 4 aliphatic rings. The van der Waals surface area contributed by atoms with Gasteiger partial charge in [0.05, 0.1) is 42.9 Å². The molecule has 48 heavy (non-hydrogen) atoms. The van der Waals surface area contributed by atoms with Crippen molar-refractivity contribution in [2.24, 2.45) is 17.8 Å². The Balaban J connectivity index is 1.54. The molecule has 0 bridgehead atoms. The van der Waals surface area contributed by atoms with E-state index >= 15 is 0 Å². The highest BCUT2D eigenvalue weighted by molar-refractivity contribution is 6.53. The van der Waals surface area contributed by atoms with Gasteiger partial charge in [0.25, 0.3) is 11.8 Å². The minimum absolute atomic E-state index is 0.0477. The van der Waals surface area contributed by atoms with Gasteiger partial charge >= 0.3 is 12.4 Å². The van der Waals surface area contributed by atoms with Gasteiger partial charge in [0.2, 0.25) is 11.8 Å². The lowest BCUT2D eigenvalue weighted by molar-refractivity contribution is -0.143. The SMILES string of the molecule is COc1cc(O)c([C@H]2C3=CC[C@@H]4C(=O)N(c5cc(C(F)(F)F)cc(C(F)(F)F)c5)C(=O)[C@@H]4[C@@H]3C[C@@]3(Cl)C(=O)N(C)C(=O)[C@@]23Cl)c(OC)c1. The molecule has 17 heteroatoms. The summed E-state index contributed by atoms with van der Waals surface area (Å²) in [5.74, 6) is -9.89. The van der Waals surface area contributed by atoms with Crippen molar-refractivity contribution in [2.75, 3.05) is 26.2 Å². The molecule has 2 heterocycles. The summed E-state index contributed by atoms with van der Waals surface area (Å²) in [6.07, 6.45) is -9.80. The van der Waals surface area contributed by atoms with E-state index in [0.29, 0.717) is 4.90 Å². The number of hydrogen-bond donors (Lipinski definition) is 1. The fourth-order valence-corrected chi connectivity index (χ4v) is 8.55. The van der Waals surface area contributed by atoms with Gasteiger partial charge in [-0.05, 0) is 37.0 Å². The maximum atomic E-state index is 14.1. The smallest absolute Gasteiger partial charge is 0.416 e. The number of aromatic hydroxyl groups is 1. The summed E-state index contributed by atoms with van der Waals surface area (Å²) in [6.45, 7) is 0. The average Bonchev–Trinajstić information content (AvgIpc) is 3.34. The lowest BCUT2D eigenvalue weighted by Gasteiger charge is -2.51. The van der Waals surface area contributed by atoms with E-state index < -0.39 is 98.4 Å². The summed E-state index contributed by atoms with van der Waals surface area (Å²) in [6, 6.07) is 2.98. The summed E-state index contributed by atoms with van der Waals surface area (Å²) in [5.41, 5.74) is -4.31. The third kappa shape index (κ3) is 4.52. The Morgan fingerprint density at radius 3 is 2.00 bits per heavy atom. The fourth-order valence-electron chi connectivity index (χ4n) is 7.55. The molecule has 4 amide bonds. The molecule has 3 fully saturated rings. The van der Waals surface area contributed by atoms with Crippen molar-refractivity contribution in [1.82, 2.24) is 4.90 Å². The maximum Gasteiger partial charge on any atom is 0.416 e. The van der Waals surface area contributed by atoms with Gasteiger partial charge in [0.1, 0.15) is 17.2 Å². The van der Waals surface area contributed by atoms with Crippen LogP contribution in [-0.4, -0.2) is 64.7 Å². The van der Waals surface area contributed by atoms with Gasteiger partial charge in [0.15, 0.2) is 9.75 Å². The van der Waals surface area contributed by atoms with E-state index in [-0.39, 0.29) is 52.2 Å². The predicted molar refractivity (Wildman–Crippen MR) is 156 cm³/mol. The summed E-state index contributed by atoms with van der Waals surface area (Å²) in [7, 11) is 3.69. The van der Waals surface area contributed by atoms with Crippen LogP contribution in [0.25, 0.3) is 0 Å². The molecule has 0 spiro atoms. The van der Waals surface area contributed by atoms with Crippen molar-refractivity contribution in [3.05, 3.63) is 58.7 Å². The molecule has 6 rings (SSSR count). The van der Waals surface area contributed by atoms with Gasteiger partial charge in [-0.3, -0.25) is 24.1 Å². The fraction of sp³-hybridized carbons (Fsp3) is 0.419. The van der Waals surface area contributed by atoms with Crippen LogP contribution < -0.4 is 14.4 Å². The third-order valence-electron chi connectivity index (χ3n) is 9.68. The average molecular weight is 721 g/mol. The number of ether oxygens (including phenoxy) is 2. The number of nitrogens with zero attached hydrogens (tertiary/aromatic N) is 2. The molecule has 2 saturated heterocycles. The summed E-state index contributed by atoms with van der Waals surface area (Å²) in [5, 5.41) is 11.3. The number of carbonyl (C=O) groups is 4. The molecule has 1 N–H and O–H groups in total. The zero-order valence-corrected chi connectivity index (χ0v) is 26.5. The van der Waals surface area contributed by atoms with Crippen LogP contribution in [-0.2, 0) is 31.5 Å². The van der Waals surface area contributed by atoms with Gasteiger partial charge in [-0.2, -0.15) is 26.3 Å². The van der Waals surface area contributed by atoms with Gasteiger partial charge < -0.3 is 14.6 Å². The lowest BCUT2D eigenvalue weighted by Crippen LogP contribution is -2.60. The minimum atomic E-state index is -5.25. The molecule has 2 aromatic rings. The Morgan fingerprint density at radius 2 is 1.46 bits per heavy atom. The van der Waals surface area contributed by atoms with Gasteiger partial charge in [0, 0.05) is 30.7 Å². The Labute approximate surface area is 277 Å². The highest BCUT2D eigenvalue weighted by Crippen LogP contribution is 2.67. The molecule has 9 nitrogen and oxygen atoms in total. The number of methoxy groups -OCH3 is 2. The number of carbonyl (C=O) groups excluding carboxylic acids is 4. The number of benzene rings is 2. The molecule has 0 unspecified atom stereocenters. The van der Waals surface area contributed by atoms with Crippen LogP contribution >= 0.6 is 23.2 Å². The number of allylic oxidation sites excluding steroid dienone is 2. The van der Waals surface area contributed by atoms with E-state index in [1.165, 1.54) is 32.4 Å². The van der Waals surface area contributed by atoms with E-state index in [1.54, 1.807) is 0 Å². The summed E-state index contributed by atoms with van der Waals surface area (Å²) >= 11 is 14.2. The first-order valence-electron chi connectivity index (χ1n) is 14.2. The second-order valence-electron chi connectivity index (χ2n) is 12.0. The highest BCUT2D eigenvalue weighted by Gasteiger charge is 2.76. The maximum absolute atomic E-state index is 14.1. The van der Waals surface area contributed by atoms with Crippen LogP contribution in [0.1, 0.15) is 35.4 Å². The molecule has 256 valence electrons.